The third-order valence-corrected chi connectivity index (χ3v) is 10.4. The molecule has 1 unspecified atom stereocenters. The minimum Gasteiger partial charge on any atom is -0.508 e. The van der Waals surface area contributed by atoms with Gasteiger partial charge in [-0.05, 0) is 67.0 Å². The van der Waals surface area contributed by atoms with Gasteiger partial charge in [0.15, 0.2) is 0 Å². The van der Waals surface area contributed by atoms with Crippen LogP contribution in [0.25, 0.3) is 0 Å². The van der Waals surface area contributed by atoms with Crippen molar-refractivity contribution in [3.05, 3.63) is 53.6 Å². The van der Waals surface area contributed by atoms with Crippen LogP contribution in [-0.4, -0.2) is 31.7 Å². The third kappa shape index (κ3) is 8.28. The molecule has 36 heavy (non-hydrogen) atoms. The predicted molar refractivity (Wildman–Crippen MR) is 151 cm³/mol. The summed E-state index contributed by atoms with van der Waals surface area (Å²) in [5.41, 5.74) is 2.58. The molecule has 0 spiro atoms. The monoisotopic (exact) mass is 527 g/mol. The highest BCUT2D eigenvalue weighted by Gasteiger charge is 2.41. The van der Waals surface area contributed by atoms with E-state index in [0.717, 1.165) is 49.4 Å². The molecule has 0 radical (unpaired) electrons. The van der Waals surface area contributed by atoms with Gasteiger partial charge in [0, 0.05) is 44.8 Å². The molecular weight excluding hydrogens is 486 g/mol. The van der Waals surface area contributed by atoms with E-state index in [1.165, 1.54) is 48.1 Å². The zero-order valence-electron chi connectivity index (χ0n) is 21.6. The number of hydrogen-bond acceptors (Lipinski definition) is 5. The molecule has 6 heteroatoms. The smallest absolute Gasteiger partial charge is 0.116 e. The average molecular weight is 528 g/mol. The van der Waals surface area contributed by atoms with E-state index in [1.807, 2.05) is 23.9 Å². The minimum atomic E-state index is -0.722. The summed E-state index contributed by atoms with van der Waals surface area (Å²) in [7, 11) is -0.722. The minimum absolute atomic E-state index is 0.0212. The van der Waals surface area contributed by atoms with Gasteiger partial charge in [0.05, 0.1) is 6.07 Å². The van der Waals surface area contributed by atoms with Gasteiger partial charge in [-0.1, -0.05) is 63.6 Å². The number of hydrogen-bond donors (Lipinski definition) is 2. The summed E-state index contributed by atoms with van der Waals surface area (Å²) in [6.45, 7) is 2.35. The van der Waals surface area contributed by atoms with Gasteiger partial charge in [-0.3, -0.25) is 4.21 Å². The summed E-state index contributed by atoms with van der Waals surface area (Å²) >= 11 is 1.82. The predicted octanol–water partition coefficient (Wildman–Crippen LogP) is 7.81. The van der Waals surface area contributed by atoms with Crippen LogP contribution >= 0.6 is 11.8 Å². The van der Waals surface area contributed by atoms with Crippen molar-refractivity contribution in [3.8, 4) is 17.6 Å². The number of benzene rings is 2. The second kappa shape index (κ2) is 14.7. The van der Waals surface area contributed by atoms with Gasteiger partial charge < -0.3 is 10.2 Å². The molecule has 2 aromatic carbocycles. The summed E-state index contributed by atoms with van der Waals surface area (Å²) in [6, 6.07) is 15.7. The second-order valence-corrected chi connectivity index (χ2v) is 13.0. The van der Waals surface area contributed by atoms with Gasteiger partial charge in [0.1, 0.15) is 11.5 Å². The molecule has 1 heterocycles. The molecule has 0 aromatic heterocycles. The molecule has 2 N–H and O–H groups in total. The fourth-order valence-corrected chi connectivity index (χ4v) is 7.93. The first-order chi connectivity index (χ1) is 17.4. The van der Waals surface area contributed by atoms with Crippen LogP contribution in [0.15, 0.2) is 47.4 Å². The van der Waals surface area contributed by atoms with E-state index in [9.17, 15) is 14.4 Å². The first-order valence-corrected chi connectivity index (χ1v) is 15.9. The van der Waals surface area contributed by atoms with Crippen LogP contribution in [0.5, 0.6) is 11.5 Å². The summed E-state index contributed by atoms with van der Waals surface area (Å²) in [5.74, 6) is 3.51. The Kier molecular flexibility index (Phi) is 11.7. The largest absolute Gasteiger partial charge is 0.508 e. The Morgan fingerprint density at radius 2 is 1.53 bits per heavy atom. The van der Waals surface area contributed by atoms with Gasteiger partial charge in [0.2, 0.25) is 0 Å². The number of fused-ring (bicyclic) bond motifs is 1. The highest BCUT2D eigenvalue weighted by molar-refractivity contribution is 7.99. The molecule has 196 valence electrons. The number of rotatable bonds is 15. The molecule has 1 aliphatic rings. The van der Waals surface area contributed by atoms with Gasteiger partial charge in [0.25, 0.3) is 0 Å². The topological polar surface area (TPSA) is 81.3 Å². The lowest BCUT2D eigenvalue weighted by Gasteiger charge is -2.43. The fraction of sp³-hybridized carbons (Fsp3) is 0.567. The van der Waals surface area contributed by atoms with Crippen molar-refractivity contribution in [2.24, 2.45) is 0 Å². The van der Waals surface area contributed by atoms with Crippen molar-refractivity contribution in [1.29, 1.82) is 5.26 Å². The van der Waals surface area contributed by atoms with Crippen molar-refractivity contribution in [2.45, 2.75) is 93.8 Å². The Balaban J connectivity index is 1.43. The van der Waals surface area contributed by atoms with Crippen LogP contribution in [0.3, 0.4) is 0 Å². The SMILES string of the molecule is C[C@]1(c2ccc(O)cc2)CSc2cc(O)ccc2[C@H]1CCCCCCCCCS(=O)CCCCC#N. The molecular formula is C30H41NO3S2. The van der Waals surface area contributed by atoms with Gasteiger partial charge in [-0.15, -0.1) is 11.8 Å². The first-order valence-electron chi connectivity index (χ1n) is 13.4. The summed E-state index contributed by atoms with van der Waals surface area (Å²) in [6.07, 6.45) is 11.7. The van der Waals surface area contributed by atoms with Crippen molar-refractivity contribution in [1.82, 2.24) is 0 Å². The lowest BCUT2D eigenvalue weighted by Crippen LogP contribution is -2.36. The molecule has 3 atom stereocenters. The number of aromatic hydroxyl groups is 2. The van der Waals surface area contributed by atoms with E-state index in [1.54, 1.807) is 12.1 Å². The number of phenols is 2. The molecule has 0 amide bonds. The molecule has 0 saturated carbocycles. The van der Waals surface area contributed by atoms with Crippen LogP contribution in [0, 0.1) is 11.3 Å². The number of unbranched alkanes of at least 4 members (excludes halogenated alkanes) is 8. The van der Waals surface area contributed by atoms with Crippen LogP contribution in [-0.2, 0) is 16.2 Å². The molecule has 3 rings (SSSR count). The van der Waals surface area contributed by atoms with E-state index in [4.69, 9.17) is 5.26 Å². The molecule has 4 nitrogen and oxygen atoms in total. The van der Waals surface area contributed by atoms with Crippen LogP contribution in [0.1, 0.15) is 94.6 Å². The van der Waals surface area contributed by atoms with Gasteiger partial charge in [-0.2, -0.15) is 5.26 Å². The van der Waals surface area contributed by atoms with Crippen molar-refractivity contribution in [3.63, 3.8) is 0 Å². The Hall–Kier alpha value is -1.97. The molecule has 0 bridgehead atoms. The maximum absolute atomic E-state index is 12.0. The van der Waals surface area contributed by atoms with Gasteiger partial charge in [-0.25, -0.2) is 0 Å². The number of thioether (sulfide) groups is 1. The quantitative estimate of drug-likeness (QED) is 0.231. The first kappa shape index (κ1) is 28.6. The molecule has 0 aliphatic carbocycles. The number of phenolic OH excluding ortho intramolecular Hbond substituents is 2. The summed E-state index contributed by atoms with van der Waals surface area (Å²) in [4.78, 5) is 1.19. The van der Waals surface area contributed by atoms with Crippen molar-refractivity contribution in [2.75, 3.05) is 17.3 Å². The second-order valence-electron chi connectivity index (χ2n) is 10.3. The Morgan fingerprint density at radius 3 is 2.22 bits per heavy atom. The zero-order chi connectivity index (χ0) is 25.8. The van der Waals surface area contributed by atoms with Crippen molar-refractivity contribution >= 4 is 22.6 Å². The maximum atomic E-state index is 12.0. The molecule has 0 saturated heterocycles. The highest BCUT2D eigenvalue weighted by atomic mass is 32.2. The van der Waals surface area contributed by atoms with Crippen LogP contribution in [0.4, 0.5) is 0 Å². The van der Waals surface area contributed by atoms with E-state index < -0.39 is 10.8 Å². The Labute approximate surface area is 224 Å². The molecule has 1 aliphatic heterocycles. The number of nitrogens with zero attached hydrogens (tertiary/aromatic N) is 1. The lowest BCUT2D eigenvalue weighted by atomic mass is 9.68. The van der Waals surface area contributed by atoms with E-state index in [-0.39, 0.29) is 5.41 Å². The summed E-state index contributed by atoms with van der Waals surface area (Å²) < 4.78 is 12.0. The Morgan fingerprint density at radius 1 is 0.917 bits per heavy atom. The number of nitriles is 1. The van der Waals surface area contributed by atoms with Gasteiger partial charge >= 0.3 is 0 Å². The lowest BCUT2D eigenvalue weighted by molar-refractivity contribution is 0.370. The van der Waals surface area contributed by atoms with E-state index in [0.29, 0.717) is 23.8 Å². The average Bonchev–Trinajstić information content (AvgIpc) is 2.87. The van der Waals surface area contributed by atoms with Crippen LogP contribution < -0.4 is 0 Å². The zero-order valence-corrected chi connectivity index (χ0v) is 23.2. The fourth-order valence-electron chi connectivity index (χ4n) is 5.27. The molecule has 0 fully saturated rings. The third-order valence-electron chi connectivity index (χ3n) is 7.47. The maximum Gasteiger partial charge on any atom is 0.116 e. The van der Waals surface area contributed by atoms with Crippen molar-refractivity contribution < 1.29 is 14.4 Å². The highest BCUT2D eigenvalue weighted by Crippen LogP contribution is 2.52. The standard InChI is InChI=1S/C30H41NO3S2/c1-30(24-13-15-25(32)16-14-24)23-35-29-22-26(33)17-18-27(29)28(30)12-8-5-3-2-4-6-10-20-36(34)21-11-7-9-19-31/h13-18,22,28,32-33H,2-12,20-21,23H2,1H3/t28-,30-,36?/m1/s1. The van der Waals surface area contributed by atoms with E-state index >= 15 is 0 Å². The van der Waals surface area contributed by atoms with E-state index in [2.05, 4.69) is 31.2 Å². The summed E-state index contributed by atoms with van der Waals surface area (Å²) in [5, 5.41) is 28.4. The van der Waals surface area contributed by atoms with Crippen LogP contribution in [0.2, 0.25) is 0 Å². The Bertz CT molecular complexity index is 1020. The normalized spacial score (nSPS) is 19.9. The molecule has 2 aromatic rings.